The molecule has 0 bridgehead atoms. The van der Waals surface area contributed by atoms with Crippen molar-refractivity contribution in [1.82, 2.24) is 14.7 Å². The Bertz CT molecular complexity index is 810. The molecular weight excluding hydrogens is 320 g/mol. The van der Waals surface area contributed by atoms with Gasteiger partial charge in [-0.25, -0.2) is 4.68 Å². The van der Waals surface area contributed by atoms with Crippen molar-refractivity contribution in [3.63, 3.8) is 0 Å². The number of amides is 1. The molecule has 1 fully saturated rings. The number of benzene rings is 1. The van der Waals surface area contributed by atoms with E-state index in [2.05, 4.69) is 10.00 Å². The summed E-state index contributed by atoms with van der Waals surface area (Å²) in [7, 11) is 1.65. The second-order valence-electron chi connectivity index (χ2n) is 5.85. The molecule has 3 rings (SSSR count). The van der Waals surface area contributed by atoms with Crippen LogP contribution in [0.25, 0.3) is 0 Å². The van der Waals surface area contributed by atoms with Gasteiger partial charge in [-0.1, -0.05) is 6.07 Å². The van der Waals surface area contributed by atoms with Crippen LogP contribution in [0.2, 0.25) is 0 Å². The third-order valence-corrected chi connectivity index (χ3v) is 4.37. The van der Waals surface area contributed by atoms with E-state index >= 15 is 0 Å². The van der Waals surface area contributed by atoms with Crippen molar-refractivity contribution in [3.8, 4) is 5.75 Å². The highest BCUT2D eigenvalue weighted by Crippen LogP contribution is 2.22. The summed E-state index contributed by atoms with van der Waals surface area (Å²) in [4.78, 5) is 28.3. The number of aromatic nitrogens is 2. The molecule has 1 aromatic carbocycles. The summed E-state index contributed by atoms with van der Waals surface area (Å²) in [6.07, 6.45) is 0. The minimum absolute atomic E-state index is 0.132. The number of ether oxygens (including phenoxy) is 1. The van der Waals surface area contributed by atoms with E-state index in [1.54, 1.807) is 12.0 Å². The van der Waals surface area contributed by atoms with Crippen LogP contribution in [0, 0.1) is 0 Å². The zero-order valence-corrected chi connectivity index (χ0v) is 14.5. The van der Waals surface area contributed by atoms with Crippen LogP contribution < -0.4 is 15.2 Å². The van der Waals surface area contributed by atoms with Crippen molar-refractivity contribution in [3.05, 3.63) is 52.4 Å². The van der Waals surface area contributed by atoms with Crippen LogP contribution in [-0.2, 0) is 6.54 Å². The maximum atomic E-state index is 12.6. The van der Waals surface area contributed by atoms with Gasteiger partial charge in [0.25, 0.3) is 11.5 Å². The Balaban J connectivity index is 1.67. The van der Waals surface area contributed by atoms with Crippen molar-refractivity contribution in [2.75, 3.05) is 38.2 Å². The van der Waals surface area contributed by atoms with E-state index < -0.39 is 0 Å². The SMILES string of the molecule is CCn1nc(C(=O)N2CCN(c3cccc(OC)c3)CC2)ccc1=O. The smallest absolute Gasteiger partial charge is 0.274 e. The van der Waals surface area contributed by atoms with Crippen molar-refractivity contribution in [2.24, 2.45) is 0 Å². The molecule has 1 amide bonds. The highest BCUT2D eigenvalue weighted by Gasteiger charge is 2.23. The first-order valence-electron chi connectivity index (χ1n) is 8.39. The second kappa shape index (κ2) is 7.38. The molecule has 2 aromatic rings. The predicted octanol–water partition coefficient (Wildman–Crippen LogP) is 1.23. The third-order valence-electron chi connectivity index (χ3n) is 4.37. The van der Waals surface area contributed by atoms with E-state index in [4.69, 9.17) is 4.74 Å². The van der Waals surface area contributed by atoms with Crippen LogP contribution in [0.5, 0.6) is 5.75 Å². The minimum Gasteiger partial charge on any atom is -0.497 e. The van der Waals surface area contributed by atoms with E-state index in [0.717, 1.165) is 24.5 Å². The maximum Gasteiger partial charge on any atom is 0.274 e. The lowest BCUT2D eigenvalue weighted by molar-refractivity contribution is 0.0738. The molecule has 1 aromatic heterocycles. The molecular formula is C18H22N4O3. The summed E-state index contributed by atoms with van der Waals surface area (Å²) in [6.45, 7) is 4.99. The molecule has 1 aliphatic rings. The number of piperazine rings is 1. The fourth-order valence-corrected chi connectivity index (χ4v) is 2.93. The standard InChI is InChI=1S/C18H22N4O3/c1-3-22-17(23)8-7-16(19-22)18(24)21-11-9-20(10-12-21)14-5-4-6-15(13-14)25-2/h4-8,13H,3,9-12H2,1-2H3. The Kier molecular flexibility index (Phi) is 5.02. The number of hydrogen-bond acceptors (Lipinski definition) is 5. The molecule has 2 heterocycles. The van der Waals surface area contributed by atoms with Crippen molar-refractivity contribution < 1.29 is 9.53 Å². The first-order chi connectivity index (χ1) is 12.1. The summed E-state index contributed by atoms with van der Waals surface area (Å²) in [5.74, 6) is 0.689. The number of nitrogens with zero attached hydrogens (tertiary/aromatic N) is 4. The lowest BCUT2D eigenvalue weighted by Gasteiger charge is -2.36. The average molecular weight is 342 g/mol. The van der Waals surface area contributed by atoms with Gasteiger partial charge in [0.1, 0.15) is 11.4 Å². The molecule has 0 spiro atoms. The largest absolute Gasteiger partial charge is 0.497 e. The molecule has 132 valence electrons. The zero-order chi connectivity index (χ0) is 17.8. The molecule has 7 heteroatoms. The molecule has 1 saturated heterocycles. The van der Waals surface area contributed by atoms with Crippen molar-refractivity contribution in [2.45, 2.75) is 13.5 Å². The number of aryl methyl sites for hydroxylation is 1. The zero-order valence-electron chi connectivity index (χ0n) is 14.5. The summed E-state index contributed by atoms with van der Waals surface area (Å²) in [6, 6.07) is 10.8. The monoisotopic (exact) mass is 342 g/mol. The summed E-state index contributed by atoms with van der Waals surface area (Å²) in [5.41, 5.74) is 1.21. The van der Waals surface area contributed by atoms with E-state index in [1.165, 1.54) is 16.8 Å². The molecule has 0 unspecified atom stereocenters. The van der Waals surface area contributed by atoms with Gasteiger partial charge in [0.2, 0.25) is 0 Å². The lowest BCUT2D eigenvalue weighted by Crippen LogP contribution is -2.49. The van der Waals surface area contributed by atoms with E-state index in [9.17, 15) is 9.59 Å². The highest BCUT2D eigenvalue weighted by atomic mass is 16.5. The van der Waals surface area contributed by atoms with Crippen LogP contribution in [0.1, 0.15) is 17.4 Å². The fourth-order valence-electron chi connectivity index (χ4n) is 2.93. The molecule has 0 N–H and O–H groups in total. The fraction of sp³-hybridized carbons (Fsp3) is 0.389. The molecule has 7 nitrogen and oxygen atoms in total. The topological polar surface area (TPSA) is 67.7 Å². The number of rotatable bonds is 4. The molecule has 0 atom stereocenters. The molecule has 0 radical (unpaired) electrons. The van der Waals surface area contributed by atoms with Crippen LogP contribution in [0.3, 0.4) is 0 Å². The quantitative estimate of drug-likeness (QED) is 0.836. The second-order valence-corrected chi connectivity index (χ2v) is 5.85. The lowest BCUT2D eigenvalue weighted by atomic mass is 10.2. The summed E-state index contributed by atoms with van der Waals surface area (Å²) >= 11 is 0. The Morgan fingerprint density at radius 2 is 1.92 bits per heavy atom. The van der Waals surface area contributed by atoms with Crippen molar-refractivity contribution in [1.29, 1.82) is 0 Å². The molecule has 0 saturated carbocycles. The van der Waals surface area contributed by atoms with E-state index in [0.29, 0.717) is 25.3 Å². The third kappa shape index (κ3) is 3.65. The van der Waals surface area contributed by atoms with Gasteiger partial charge in [-0.2, -0.15) is 5.10 Å². The molecule has 1 aliphatic heterocycles. The Morgan fingerprint density at radius 3 is 2.60 bits per heavy atom. The van der Waals surface area contributed by atoms with E-state index in [-0.39, 0.29) is 11.5 Å². The van der Waals surface area contributed by atoms with Gasteiger partial charge in [-0.3, -0.25) is 9.59 Å². The Hall–Kier alpha value is -2.83. The van der Waals surface area contributed by atoms with Crippen LogP contribution in [0.15, 0.2) is 41.2 Å². The van der Waals surface area contributed by atoms with Gasteiger partial charge >= 0.3 is 0 Å². The van der Waals surface area contributed by atoms with Gasteiger partial charge in [-0.05, 0) is 25.1 Å². The van der Waals surface area contributed by atoms with E-state index in [1.807, 2.05) is 31.2 Å². The maximum absolute atomic E-state index is 12.6. The van der Waals surface area contributed by atoms with Crippen molar-refractivity contribution >= 4 is 11.6 Å². The van der Waals surface area contributed by atoms with Crippen LogP contribution >= 0.6 is 0 Å². The molecule has 25 heavy (non-hydrogen) atoms. The summed E-state index contributed by atoms with van der Waals surface area (Å²) < 4.78 is 6.57. The summed E-state index contributed by atoms with van der Waals surface area (Å²) in [5, 5.41) is 4.15. The number of anilines is 1. The van der Waals surface area contributed by atoms with Gasteiger partial charge in [0.15, 0.2) is 0 Å². The van der Waals surface area contributed by atoms with Crippen LogP contribution in [-0.4, -0.2) is 53.9 Å². The first-order valence-corrected chi connectivity index (χ1v) is 8.39. The normalized spacial score (nSPS) is 14.5. The Morgan fingerprint density at radius 1 is 1.16 bits per heavy atom. The highest BCUT2D eigenvalue weighted by molar-refractivity contribution is 5.92. The predicted molar refractivity (Wildman–Crippen MR) is 95.3 cm³/mol. The minimum atomic E-state index is -0.193. The van der Waals surface area contributed by atoms with Gasteiger partial charge in [0, 0.05) is 50.5 Å². The van der Waals surface area contributed by atoms with Crippen LogP contribution in [0.4, 0.5) is 5.69 Å². The molecule has 0 aliphatic carbocycles. The number of methoxy groups -OCH3 is 1. The number of hydrogen-bond donors (Lipinski definition) is 0. The average Bonchev–Trinajstić information content (AvgIpc) is 2.68. The first kappa shape index (κ1) is 17.0. The van der Waals surface area contributed by atoms with Gasteiger partial charge in [0.05, 0.1) is 7.11 Å². The van der Waals surface area contributed by atoms with Gasteiger partial charge in [-0.15, -0.1) is 0 Å². The van der Waals surface area contributed by atoms with Gasteiger partial charge < -0.3 is 14.5 Å². The Labute approximate surface area is 146 Å². The number of carbonyl (C=O) groups is 1. The number of carbonyl (C=O) groups excluding carboxylic acids is 1.